The van der Waals surface area contributed by atoms with Crippen molar-refractivity contribution in [3.8, 4) is 0 Å². The number of amides is 4. The highest BCUT2D eigenvalue weighted by atomic mass is 16.5. The summed E-state index contributed by atoms with van der Waals surface area (Å²) >= 11 is 0. The average molecular weight is 402 g/mol. The predicted molar refractivity (Wildman–Crippen MR) is 102 cm³/mol. The molecule has 0 saturated heterocycles. The van der Waals surface area contributed by atoms with E-state index >= 15 is 0 Å². The zero-order valence-electron chi connectivity index (χ0n) is 16.0. The molecule has 0 saturated carbocycles. The lowest BCUT2D eigenvalue weighted by molar-refractivity contribution is -0.125. The van der Waals surface area contributed by atoms with Crippen LogP contribution in [0.3, 0.4) is 0 Å². The first kappa shape index (κ1) is 21.5. The molecule has 1 heterocycles. The van der Waals surface area contributed by atoms with Crippen molar-refractivity contribution in [2.45, 2.75) is 26.4 Å². The maximum Gasteiger partial charge on any atom is 0.338 e. The summed E-state index contributed by atoms with van der Waals surface area (Å²) in [5, 5.41) is 5.39. The van der Waals surface area contributed by atoms with E-state index in [1.165, 1.54) is 30.5 Å². The molecule has 154 valence electrons. The summed E-state index contributed by atoms with van der Waals surface area (Å²) in [6.45, 7) is 3.43. The van der Waals surface area contributed by atoms with Crippen molar-refractivity contribution in [2.24, 2.45) is 0 Å². The van der Waals surface area contributed by atoms with Crippen LogP contribution >= 0.6 is 0 Å². The topological polar surface area (TPSA) is 139 Å². The molecule has 0 aliphatic heterocycles. The predicted octanol–water partition coefficient (Wildman–Crippen LogP) is 1.11. The van der Waals surface area contributed by atoms with Gasteiger partial charge in [0.15, 0.2) is 12.4 Å². The van der Waals surface area contributed by atoms with Crippen LogP contribution in [0.25, 0.3) is 0 Å². The van der Waals surface area contributed by atoms with Gasteiger partial charge in [-0.05, 0) is 43.7 Å². The summed E-state index contributed by atoms with van der Waals surface area (Å²) in [5.74, 6) is -2.02. The molecule has 10 nitrogen and oxygen atoms in total. The monoisotopic (exact) mass is 402 g/mol. The van der Waals surface area contributed by atoms with Crippen molar-refractivity contribution in [2.75, 3.05) is 6.61 Å². The maximum absolute atomic E-state index is 12.0. The third-order valence-electron chi connectivity index (χ3n) is 3.46. The lowest BCUT2D eigenvalue weighted by Crippen LogP contribution is -2.43. The SMILES string of the molecule is CC(C)NC(=O)NCc1ccc(C(=O)OCC(=O)NNC(=O)c2ccco2)cc1. The minimum Gasteiger partial charge on any atom is -0.459 e. The number of rotatable bonds is 7. The number of esters is 1. The highest BCUT2D eigenvalue weighted by Crippen LogP contribution is 2.06. The van der Waals surface area contributed by atoms with Gasteiger partial charge in [-0.2, -0.15) is 0 Å². The van der Waals surface area contributed by atoms with Crippen molar-refractivity contribution in [3.63, 3.8) is 0 Å². The number of carbonyl (C=O) groups excluding carboxylic acids is 4. The largest absolute Gasteiger partial charge is 0.459 e. The van der Waals surface area contributed by atoms with Gasteiger partial charge in [0.2, 0.25) is 0 Å². The standard InChI is InChI=1S/C19H22N4O6/c1-12(2)21-19(27)20-10-13-5-7-14(8-6-13)18(26)29-11-16(24)22-23-17(25)15-4-3-9-28-15/h3-9,12H,10-11H2,1-2H3,(H,22,24)(H,23,25)(H2,20,21,27). The molecule has 2 aromatic rings. The maximum atomic E-state index is 12.0. The Kier molecular flexibility index (Phi) is 7.78. The quantitative estimate of drug-likeness (QED) is 0.404. The third kappa shape index (κ3) is 7.37. The number of benzene rings is 1. The number of hydrogen-bond donors (Lipinski definition) is 4. The van der Waals surface area contributed by atoms with Crippen molar-refractivity contribution < 1.29 is 28.3 Å². The fourth-order valence-electron chi connectivity index (χ4n) is 2.10. The lowest BCUT2D eigenvalue weighted by atomic mass is 10.1. The van der Waals surface area contributed by atoms with E-state index < -0.39 is 24.4 Å². The van der Waals surface area contributed by atoms with Crippen LogP contribution in [0.4, 0.5) is 4.79 Å². The Morgan fingerprint density at radius 1 is 1.03 bits per heavy atom. The van der Waals surface area contributed by atoms with Crippen LogP contribution in [-0.2, 0) is 16.1 Å². The van der Waals surface area contributed by atoms with Gasteiger partial charge in [-0.3, -0.25) is 20.4 Å². The van der Waals surface area contributed by atoms with Crippen molar-refractivity contribution in [1.29, 1.82) is 0 Å². The van der Waals surface area contributed by atoms with Crippen LogP contribution in [0.1, 0.15) is 40.3 Å². The Bertz CT molecular complexity index is 846. The summed E-state index contributed by atoms with van der Waals surface area (Å²) in [4.78, 5) is 46.8. The van der Waals surface area contributed by atoms with E-state index in [-0.39, 0.29) is 23.4 Å². The molecule has 0 aliphatic rings. The molecule has 0 unspecified atom stereocenters. The van der Waals surface area contributed by atoms with E-state index in [9.17, 15) is 19.2 Å². The highest BCUT2D eigenvalue weighted by Gasteiger charge is 2.13. The molecule has 0 spiro atoms. The Hall–Kier alpha value is -3.82. The second-order valence-corrected chi connectivity index (χ2v) is 6.23. The molecule has 0 radical (unpaired) electrons. The Balaban J connectivity index is 1.72. The van der Waals surface area contributed by atoms with Gasteiger partial charge in [0.25, 0.3) is 5.91 Å². The van der Waals surface area contributed by atoms with Crippen molar-refractivity contribution in [3.05, 3.63) is 59.5 Å². The second kappa shape index (κ2) is 10.5. The molecule has 0 fully saturated rings. The molecule has 1 aromatic carbocycles. The van der Waals surface area contributed by atoms with E-state index in [2.05, 4.69) is 21.5 Å². The van der Waals surface area contributed by atoms with E-state index in [0.29, 0.717) is 6.54 Å². The first-order chi connectivity index (χ1) is 13.8. The smallest absolute Gasteiger partial charge is 0.338 e. The Labute approximate surface area is 166 Å². The summed E-state index contributed by atoms with van der Waals surface area (Å²) in [5.41, 5.74) is 5.27. The minimum absolute atomic E-state index is 0.0264. The molecule has 0 bridgehead atoms. The first-order valence-electron chi connectivity index (χ1n) is 8.78. The van der Waals surface area contributed by atoms with Crippen LogP contribution in [0.2, 0.25) is 0 Å². The summed E-state index contributed by atoms with van der Waals surface area (Å²) < 4.78 is 9.75. The van der Waals surface area contributed by atoms with Crippen LogP contribution in [0.5, 0.6) is 0 Å². The van der Waals surface area contributed by atoms with Gasteiger partial charge in [-0.25, -0.2) is 9.59 Å². The van der Waals surface area contributed by atoms with Gasteiger partial charge in [0, 0.05) is 12.6 Å². The number of furan rings is 1. The first-order valence-corrected chi connectivity index (χ1v) is 8.78. The number of nitrogens with one attached hydrogen (secondary N) is 4. The van der Waals surface area contributed by atoms with Gasteiger partial charge < -0.3 is 19.8 Å². The van der Waals surface area contributed by atoms with E-state index in [0.717, 1.165) is 5.56 Å². The van der Waals surface area contributed by atoms with Gasteiger partial charge in [0.1, 0.15) is 0 Å². The Morgan fingerprint density at radius 3 is 2.38 bits per heavy atom. The fourth-order valence-corrected chi connectivity index (χ4v) is 2.10. The normalized spacial score (nSPS) is 10.2. The molecule has 4 N–H and O–H groups in total. The van der Waals surface area contributed by atoms with Crippen LogP contribution in [-0.4, -0.2) is 36.5 Å². The zero-order valence-corrected chi connectivity index (χ0v) is 16.0. The van der Waals surface area contributed by atoms with Crippen molar-refractivity contribution in [1.82, 2.24) is 21.5 Å². The Morgan fingerprint density at radius 2 is 1.76 bits per heavy atom. The number of hydrogen-bond acceptors (Lipinski definition) is 6. The summed E-state index contributed by atoms with van der Waals surface area (Å²) in [6.07, 6.45) is 1.32. The second-order valence-electron chi connectivity index (χ2n) is 6.23. The zero-order chi connectivity index (χ0) is 21.2. The average Bonchev–Trinajstić information content (AvgIpc) is 3.23. The van der Waals surface area contributed by atoms with E-state index in [4.69, 9.17) is 9.15 Å². The number of hydrazine groups is 1. The van der Waals surface area contributed by atoms with Gasteiger partial charge in [-0.15, -0.1) is 0 Å². The molecule has 4 amide bonds. The molecular weight excluding hydrogens is 380 g/mol. The number of ether oxygens (including phenoxy) is 1. The van der Waals surface area contributed by atoms with Crippen molar-refractivity contribution >= 4 is 23.8 Å². The van der Waals surface area contributed by atoms with E-state index in [1.807, 2.05) is 13.8 Å². The van der Waals surface area contributed by atoms with Crippen LogP contribution < -0.4 is 21.5 Å². The highest BCUT2D eigenvalue weighted by molar-refractivity contribution is 5.94. The third-order valence-corrected chi connectivity index (χ3v) is 3.46. The molecule has 0 atom stereocenters. The lowest BCUT2D eigenvalue weighted by Gasteiger charge is -2.10. The molecule has 0 aliphatic carbocycles. The van der Waals surface area contributed by atoms with E-state index in [1.54, 1.807) is 12.1 Å². The molecular formula is C19H22N4O6. The van der Waals surface area contributed by atoms with Gasteiger partial charge >= 0.3 is 17.9 Å². The molecule has 29 heavy (non-hydrogen) atoms. The molecule has 2 rings (SSSR count). The molecule has 10 heteroatoms. The van der Waals surface area contributed by atoms with Gasteiger partial charge in [0.05, 0.1) is 11.8 Å². The fraction of sp³-hybridized carbons (Fsp3) is 0.263. The van der Waals surface area contributed by atoms with Crippen LogP contribution in [0.15, 0.2) is 47.1 Å². The molecule has 1 aromatic heterocycles. The van der Waals surface area contributed by atoms with Crippen LogP contribution in [0, 0.1) is 0 Å². The minimum atomic E-state index is -0.713. The summed E-state index contributed by atoms with van der Waals surface area (Å²) in [6, 6.07) is 9.08. The van der Waals surface area contributed by atoms with Gasteiger partial charge in [-0.1, -0.05) is 12.1 Å². The number of urea groups is 1. The summed E-state index contributed by atoms with van der Waals surface area (Å²) in [7, 11) is 0. The number of carbonyl (C=O) groups is 4.